The predicted octanol–water partition coefficient (Wildman–Crippen LogP) is 3.75. The van der Waals surface area contributed by atoms with Crippen molar-refractivity contribution in [3.8, 4) is 11.5 Å². The lowest BCUT2D eigenvalue weighted by Gasteiger charge is -2.20. The minimum atomic E-state index is -0.0118. The summed E-state index contributed by atoms with van der Waals surface area (Å²) in [5.74, 6) is 1.35. The van der Waals surface area contributed by atoms with Crippen LogP contribution >= 0.6 is 15.9 Å². The lowest BCUT2D eigenvalue weighted by molar-refractivity contribution is 0.354. The maximum atomic E-state index is 12.8. The van der Waals surface area contributed by atoms with E-state index < -0.39 is 0 Å². The van der Waals surface area contributed by atoms with Crippen molar-refractivity contribution in [2.24, 2.45) is 0 Å². The third kappa shape index (κ3) is 2.49. The molecule has 1 heterocycles. The van der Waals surface area contributed by atoms with Crippen LogP contribution in [0, 0.1) is 0 Å². The van der Waals surface area contributed by atoms with E-state index in [0.29, 0.717) is 32.6 Å². The molecule has 0 atom stereocenters. The topological polar surface area (TPSA) is 64.2 Å². The van der Waals surface area contributed by atoms with Crippen LogP contribution in [0.3, 0.4) is 0 Å². The molecule has 22 heavy (non-hydrogen) atoms. The standard InChI is InChI=1S/C16H19BrN2O3/c1-21-11-8-10-14(12(17)16(11)22-2)19-18-13(15(10)20)9-6-4-3-5-7-9/h8-9H,3-7H2,1-2H3,(H,19,20). The third-order valence-corrected chi connectivity index (χ3v) is 5.13. The van der Waals surface area contributed by atoms with E-state index in [9.17, 15) is 4.79 Å². The van der Waals surface area contributed by atoms with Crippen molar-refractivity contribution in [2.45, 2.75) is 38.0 Å². The van der Waals surface area contributed by atoms with Crippen LogP contribution < -0.4 is 14.9 Å². The van der Waals surface area contributed by atoms with Crippen LogP contribution in [0.5, 0.6) is 11.5 Å². The smallest absolute Gasteiger partial charge is 0.211 e. The van der Waals surface area contributed by atoms with E-state index in [1.165, 1.54) is 19.3 Å². The second-order valence-electron chi connectivity index (χ2n) is 5.62. The van der Waals surface area contributed by atoms with Gasteiger partial charge in [-0.05, 0) is 34.8 Å². The highest BCUT2D eigenvalue weighted by atomic mass is 79.9. The number of methoxy groups -OCH3 is 2. The van der Waals surface area contributed by atoms with Crippen LogP contribution in [0.2, 0.25) is 0 Å². The van der Waals surface area contributed by atoms with Crippen molar-refractivity contribution in [2.75, 3.05) is 14.2 Å². The van der Waals surface area contributed by atoms with Crippen molar-refractivity contribution in [1.29, 1.82) is 0 Å². The fraction of sp³-hybridized carbons (Fsp3) is 0.500. The maximum absolute atomic E-state index is 12.8. The molecule has 0 aliphatic heterocycles. The van der Waals surface area contributed by atoms with E-state index in [4.69, 9.17) is 9.47 Å². The van der Waals surface area contributed by atoms with Gasteiger partial charge < -0.3 is 9.47 Å². The molecule has 1 aromatic heterocycles. The first kappa shape index (κ1) is 15.3. The van der Waals surface area contributed by atoms with E-state index in [1.54, 1.807) is 20.3 Å². The largest absolute Gasteiger partial charge is 0.493 e. The zero-order chi connectivity index (χ0) is 15.7. The third-order valence-electron chi connectivity index (χ3n) is 4.37. The molecule has 0 saturated heterocycles. The lowest BCUT2D eigenvalue weighted by atomic mass is 9.86. The van der Waals surface area contributed by atoms with Gasteiger partial charge in [-0.25, -0.2) is 0 Å². The number of aromatic amines is 1. The Hall–Kier alpha value is -1.56. The molecule has 0 bridgehead atoms. The van der Waals surface area contributed by atoms with Gasteiger partial charge in [-0.1, -0.05) is 19.3 Å². The molecule has 1 saturated carbocycles. The van der Waals surface area contributed by atoms with Crippen molar-refractivity contribution in [1.82, 2.24) is 10.2 Å². The summed E-state index contributed by atoms with van der Waals surface area (Å²) < 4.78 is 11.3. The van der Waals surface area contributed by atoms with E-state index in [-0.39, 0.29) is 11.3 Å². The van der Waals surface area contributed by atoms with Crippen LogP contribution in [-0.2, 0) is 0 Å². The van der Waals surface area contributed by atoms with E-state index >= 15 is 0 Å². The van der Waals surface area contributed by atoms with Gasteiger partial charge in [0.1, 0.15) is 5.69 Å². The number of nitrogens with zero attached hydrogens (tertiary/aromatic N) is 1. The molecule has 1 aromatic carbocycles. The second-order valence-corrected chi connectivity index (χ2v) is 6.41. The highest BCUT2D eigenvalue weighted by molar-refractivity contribution is 9.10. The van der Waals surface area contributed by atoms with Crippen LogP contribution in [0.1, 0.15) is 43.7 Å². The average molecular weight is 367 g/mol. The number of H-pyrrole nitrogens is 1. The zero-order valence-corrected chi connectivity index (χ0v) is 14.3. The van der Waals surface area contributed by atoms with Crippen LogP contribution in [0.25, 0.3) is 10.9 Å². The van der Waals surface area contributed by atoms with Crippen molar-refractivity contribution < 1.29 is 9.47 Å². The number of fused-ring (bicyclic) bond motifs is 1. The van der Waals surface area contributed by atoms with Crippen LogP contribution in [0.15, 0.2) is 15.3 Å². The molecular formula is C16H19BrN2O3. The van der Waals surface area contributed by atoms with Gasteiger partial charge in [0.2, 0.25) is 5.43 Å². The Morgan fingerprint density at radius 1 is 1.23 bits per heavy atom. The molecule has 0 spiro atoms. The summed E-state index contributed by atoms with van der Waals surface area (Å²) in [4.78, 5) is 12.8. The Bertz CT molecular complexity index is 751. The zero-order valence-electron chi connectivity index (χ0n) is 12.7. The number of nitrogens with one attached hydrogen (secondary N) is 1. The maximum Gasteiger partial charge on any atom is 0.211 e. The number of hydrogen-bond donors (Lipinski definition) is 1. The molecule has 0 radical (unpaired) electrons. The Morgan fingerprint density at radius 3 is 2.59 bits per heavy atom. The summed E-state index contributed by atoms with van der Waals surface area (Å²) in [7, 11) is 3.13. The molecule has 3 rings (SSSR count). The number of hydrogen-bond acceptors (Lipinski definition) is 4. The quantitative estimate of drug-likeness (QED) is 0.898. The Labute approximate surface area is 137 Å². The Kier molecular flexibility index (Phi) is 4.38. The summed E-state index contributed by atoms with van der Waals surface area (Å²) in [6, 6.07) is 1.73. The average Bonchev–Trinajstić information content (AvgIpc) is 2.56. The number of benzene rings is 1. The van der Waals surface area contributed by atoms with Crippen molar-refractivity contribution >= 4 is 26.8 Å². The van der Waals surface area contributed by atoms with Gasteiger partial charge in [-0.15, -0.1) is 0 Å². The van der Waals surface area contributed by atoms with Crippen molar-refractivity contribution in [3.63, 3.8) is 0 Å². The molecule has 0 amide bonds. The van der Waals surface area contributed by atoms with E-state index in [1.807, 2.05) is 0 Å². The van der Waals surface area contributed by atoms with Crippen molar-refractivity contribution in [3.05, 3.63) is 26.5 Å². The van der Waals surface area contributed by atoms with Gasteiger partial charge in [-0.2, -0.15) is 5.10 Å². The number of halogens is 1. The number of ether oxygens (including phenoxy) is 2. The van der Waals surface area contributed by atoms with Gasteiger partial charge in [0, 0.05) is 5.92 Å². The molecule has 2 aromatic rings. The highest BCUT2D eigenvalue weighted by Gasteiger charge is 2.23. The SMILES string of the molecule is COc1cc2c(=O)c(C3CCCCC3)n[nH]c2c(Br)c1OC. The molecular weight excluding hydrogens is 348 g/mol. The van der Waals surface area contributed by atoms with Gasteiger partial charge in [-0.3, -0.25) is 9.89 Å². The number of aromatic nitrogens is 2. The Balaban J connectivity index is 2.20. The fourth-order valence-corrected chi connectivity index (χ4v) is 3.86. The summed E-state index contributed by atoms with van der Waals surface area (Å²) in [5.41, 5.74) is 1.27. The molecule has 5 nitrogen and oxygen atoms in total. The molecule has 118 valence electrons. The molecule has 1 aliphatic carbocycles. The molecule has 1 fully saturated rings. The first-order chi connectivity index (χ1) is 10.7. The van der Waals surface area contributed by atoms with E-state index in [0.717, 1.165) is 12.8 Å². The molecule has 0 unspecified atom stereocenters. The second kappa shape index (κ2) is 6.28. The van der Waals surface area contributed by atoms with Gasteiger partial charge in [0.05, 0.1) is 29.6 Å². The minimum absolute atomic E-state index is 0.0118. The molecule has 1 N–H and O–H groups in total. The first-order valence-corrected chi connectivity index (χ1v) is 8.29. The lowest BCUT2D eigenvalue weighted by Crippen LogP contribution is -2.19. The summed E-state index contributed by atoms with van der Waals surface area (Å²) in [6.45, 7) is 0. The first-order valence-electron chi connectivity index (χ1n) is 7.50. The fourth-order valence-electron chi connectivity index (χ4n) is 3.20. The summed E-state index contributed by atoms with van der Waals surface area (Å²) in [6.07, 6.45) is 5.66. The van der Waals surface area contributed by atoms with Gasteiger partial charge in [0.15, 0.2) is 11.5 Å². The van der Waals surface area contributed by atoms with Gasteiger partial charge in [0.25, 0.3) is 0 Å². The van der Waals surface area contributed by atoms with Crippen LogP contribution in [0.4, 0.5) is 0 Å². The van der Waals surface area contributed by atoms with E-state index in [2.05, 4.69) is 26.1 Å². The number of rotatable bonds is 3. The van der Waals surface area contributed by atoms with Crippen LogP contribution in [-0.4, -0.2) is 24.4 Å². The summed E-state index contributed by atoms with van der Waals surface area (Å²) >= 11 is 3.47. The normalized spacial score (nSPS) is 16.0. The summed E-state index contributed by atoms with van der Waals surface area (Å²) in [5, 5.41) is 7.96. The minimum Gasteiger partial charge on any atom is -0.493 e. The molecule has 6 heteroatoms. The monoisotopic (exact) mass is 366 g/mol. The Morgan fingerprint density at radius 2 is 1.95 bits per heavy atom. The molecule has 1 aliphatic rings. The highest BCUT2D eigenvalue weighted by Crippen LogP contribution is 2.39. The van der Waals surface area contributed by atoms with Gasteiger partial charge >= 0.3 is 0 Å². The predicted molar refractivity (Wildman–Crippen MR) is 89.0 cm³/mol.